The lowest BCUT2D eigenvalue weighted by molar-refractivity contribution is 0.102. The maximum absolute atomic E-state index is 12.3. The highest BCUT2D eigenvalue weighted by molar-refractivity contribution is 6.05. The summed E-state index contributed by atoms with van der Waals surface area (Å²) in [6.07, 6.45) is 1.98. The number of amides is 1. The van der Waals surface area contributed by atoms with Crippen LogP contribution in [0, 0.1) is 6.92 Å². The number of anilines is 1. The van der Waals surface area contributed by atoms with Gasteiger partial charge in [-0.25, -0.2) is 0 Å². The molecule has 0 spiro atoms. The minimum atomic E-state index is -0.129. The first-order valence-corrected chi connectivity index (χ1v) is 6.41. The lowest BCUT2D eigenvalue weighted by atomic mass is 10.1. The van der Waals surface area contributed by atoms with E-state index < -0.39 is 0 Å². The summed E-state index contributed by atoms with van der Waals surface area (Å²) in [7, 11) is 3.78. The molecule has 0 saturated heterocycles. The van der Waals surface area contributed by atoms with Crippen LogP contribution in [0.2, 0.25) is 0 Å². The average Bonchev–Trinajstić information content (AvgIpc) is 2.93. The summed E-state index contributed by atoms with van der Waals surface area (Å²) in [5, 5.41) is 8.21. The zero-order chi connectivity index (χ0) is 14.3. The highest BCUT2D eigenvalue weighted by Gasteiger charge is 2.10. The highest BCUT2D eigenvalue weighted by Crippen LogP contribution is 2.18. The molecule has 3 aromatic rings. The van der Waals surface area contributed by atoms with Crippen molar-refractivity contribution in [2.45, 2.75) is 6.92 Å². The SMILES string of the molecule is Cc1cc(NC(=O)c2ccc3ccn(C)c3c2)n(C)n1. The Kier molecular flexibility index (Phi) is 2.82. The zero-order valence-electron chi connectivity index (χ0n) is 11.7. The molecular formula is C15H16N4O. The molecule has 0 radical (unpaired) electrons. The van der Waals surface area contributed by atoms with E-state index in [4.69, 9.17) is 0 Å². The van der Waals surface area contributed by atoms with Gasteiger partial charge >= 0.3 is 0 Å². The molecule has 3 rings (SSSR count). The van der Waals surface area contributed by atoms with Gasteiger partial charge in [0.2, 0.25) is 0 Å². The number of rotatable bonds is 2. The number of nitrogens with one attached hydrogen (secondary N) is 1. The minimum absolute atomic E-state index is 0.129. The number of carbonyl (C=O) groups is 1. The Balaban J connectivity index is 1.92. The van der Waals surface area contributed by atoms with Crippen molar-refractivity contribution in [2.24, 2.45) is 14.1 Å². The van der Waals surface area contributed by atoms with E-state index >= 15 is 0 Å². The number of aromatic nitrogens is 3. The quantitative estimate of drug-likeness (QED) is 0.776. The maximum Gasteiger partial charge on any atom is 0.256 e. The van der Waals surface area contributed by atoms with Gasteiger partial charge in [0.05, 0.1) is 5.69 Å². The lowest BCUT2D eigenvalue weighted by Gasteiger charge is -2.06. The predicted octanol–water partition coefficient (Wildman–Crippen LogP) is 2.47. The van der Waals surface area contributed by atoms with Crippen molar-refractivity contribution in [3.63, 3.8) is 0 Å². The van der Waals surface area contributed by atoms with Crippen LogP contribution in [0.15, 0.2) is 36.5 Å². The molecule has 0 aliphatic rings. The van der Waals surface area contributed by atoms with Gasteiger partial charge in [0.1, 0.15) is 5.82 Å². The minimum Gasteiger partial charge on any atom is -0.351 e. The molecule has 0 fully saturated rings. The number of hydrogen-bond donors (Lipinski definition) is 1. The molecule has 0 unspecified atom stereocenters. The van der Waals surface area contributed by atoms with Crippen LogP contribution in [0.3, 0.4) is 0 Å². The maximum atomic E-state index is 12.3. The Hall–Kier alpha value is -2.56. The fourth-order valence-electron chi connectivity index (χ4n) is 2.32. The van der Waals surface area contributed by atoms with Gasteiger partial charge in [-0.15, -0.1) is 0 Å². The second-order valence-electron chi connectivity index (χ2n) is 4.95. The monoisotopic (exact) mass is 268 g/mol. The number of aryl methyl sites for hydroxylation is 3. The summed E-state index contributed by atoms with van der Waals surface area (Å²) in [5.74, 6) is 0.565. The lowest BCUT2D eigenvalue weighted by Crippen LogP contribution is -2.14. The molecule has 2 aromatic heterocycles. The van der Waals surface area contributed by atoms with Gasteiger partial charge in [-0.05, 0) is 30.5 Å². The fraction of sp³-hybridized carbons (Fsp3) is 0.200. The van der Waals surface area contributed by atoms with Gasteiger partial charge in [-0.1, -0.05) is 6.07 Å². The highest BCUT2D eigenvalue weighted by atomic mass is 16.1. The first-order chi connectivity index (χ1) is 9.54. The van der Waals surface area contributed by atoms with Crippen molar-refractivity contribution in [1.82, 2.24) is 14.3 Å². The Morgan fingerprint density at radius 1 is 1.20 bits per heavy atom. The molecule has 20 heavy (non-hydrogen) atoms. The molecule has 2 heterocycles. The fourth-order valence-corrected chi connectivity index (χ4v) is 2.32. The summed E-state index contributed by atoms with van der Waals surface area (Å²) in [4.78, 5) is 12.3. The third-order valence-electron chi connectivity index (χ3n) is 3.39. The zero-order valence-corrected chi connectivity index (χ0v) is 11.7. The van der Waals surface area contributed by atoms with E-state index in [1.165, 1.54) is 0 Å². The second kappa shape index (κ2) is 4.52. The van der Waals surface area contributed by atoms with Crippen LogP contribution < -0.4 is 5.32 Å². The number of hydrogen-bond acceptors (Lipinski definition) is 2. The standard InChI is InChI=1S/C15H16N4O/c1-10-8-14(19(3)17-10)16-15(20)12-5-4-11-6-7-18(2)13(11)9-12/h4-9H,1-3H3,(H,16,20). The van der Waals surface area contributed by atoms with Crippen molar-refractivity contribution < 1.29 is 4.79 Å². The van der Waals surface area contributed by atoms with Crippen molar-refractivity contribution in [3.8, 4) is 0 Å². The molecule has 1 N–H and O–H groups in total. The second-order valence-corrected chi connectivity index (χ2v) is 4.95. The van der Waals surface area contributed by atoms with Gasteiger partial charge in [-0.2, -0.15) is 5.10 Å². The average molecular weight is 268 g/mol. The van der Waals surface area contributed by atoms with Gasteiger partial charge in [0.15, 0.2) is 0 Å². The van der Waals surface area contributed by atoms with E-state index in [0.717, 1.165) is 16.6 Å². The molecule has 0 bridgehead atoms. The van der Waals surface area contributed by atoms with Gasteiger partial charge < -0.3 is 9.88 Å². The summed E-state index contributed by atoms with van der Waals surface area (Å²) >= 11 is 0. The first kappa shape index (κ1) is 12.5. The Morgan fingerprint density at radius 3 is 2.70 bits per heavy atom. The molecule has 1 aromatic carbocycles. The summed E-state index contributed by atoms with van der Waals surface area (Å²) in [6, 6.07) is 9.56. The van der Waals surface area contributed by atoms with Crippen LogP contribution in [0.25, 0.3) is 10.9 Å². The van der Waals surface area contributed by atoms with Crippen LogP contribution in [-0.4, -0.2) is 20.3 Å². The Labute approximate surface area is 116 Å². The van der Waals surface area contributed by atoms with E-state index in [0.29, 0.717) is 11.4 Å². The molecule has 102 valence electrons. The van der Waals surface area contributed by atoms with Gasteiger partial charge in [0, 0.05) is 37.4 Å². The van der Waals surface area contributed by atoms with Crippen LogP contribution in [0.1, 0.15) is 16.1 Å². The molecular weight excluding hydrogens is 252 g/mol. The van der Waals surface area contributed by atoms with Crippen molar-refractivity contribution >= 4 is 22.6 Å². The van der Waals surface area contributed by atoms with Crippen molar-refractivity contribution in [2.75, 3.05) is 5.32 Å². The Bertz CT molecular complexity index is 797. The van der Waals surface area contributed by atoms with Gasteiger partial charge in [-0.3, -0.25) is 9.48 Å². The third kappa shape index (κ3) is 2.07. The number of carbonyl (C=O) groups excluding carboxylic acids is 1. The molecule has 0 atom stereocenters. The van der Waals surface area contributed by atoms with E-state index in [2.05, 4.69) is 10.4 Å². The van der Waals surface area contributed by atoms with E-state index in [9.17, 15) is 4.79 Å². The Morgan fingerprint density at radius 2 is 2.00 bits per heavy atom. The van der Waals surface area contributed by atoms with Crippen LogP contribution in [-0.2, 0) is 14.1 Å². The largest absolute Gasteiger partial charge is 0.351 e. The van der Waals surface area contributed by atoms with E-state index in [1.54, 1.807) is 4.68 Å². The summed E-state index contributed by atoms with van der Waals surface area (Å²) in [5.41, 5.74) is 2.55. The number of nitrogens with zero attached hydrogens (tertiary/aromatic N) is 3. The van der Waals surface area contributed by atoms with Crippen molar-refractivity contribution in [1.29, 1.82) is 0 Å². The van der Waals surface area contributed by atoms with Crippen LogP contribution >= 0.6 is 0 Å². The van der Waals surface area contributed by atoms with Crippen molar-refractivity contribution in [3.05, 3.63) is 47.8 Å². The molecule has 0 saturated carbocycles. The van der Waals surface area contributed by atoms with Gasteiger partial charge in [0.25, 0.3) is 5.91 Å². The van der Waals surface area contributed by atoms with E-state index in [-0.39, 0.29) is 5.91 Å². The first-order valence-electron chi connectivity index (χ1n) is 6.41. The topological polar surface area (TPSA) is 51.9 Å². The molecule has 5 heteroatoms. The number of benzene rings is 1. The van der Waals surface area contributed by atoms with Crippen LogP contribution in [0.4, 0.5) is 5.82 Å². The number of fused-ring (bicyclic) bond motifs is 1. The van der Waals surface area contributed by atoms with Crippen LogP contribution in [0.5, 0.6) is 0 Å². The molecule has 5 nitrogen and oxygen atoms in total. The summed E-state index contributed by atoms with van der Waals surface area (Å²) < 4.78 is 3.66. The third-order valence-corrected chi connectivity index (χ3v) is 3.39. The summed E-state index contributed by atoms with van der Waals surface area (Å²) in [6.45, 7) is 1.89. The normalized spacial score (nSPS) is 10.9. The molecule has 0 aliphatic carbocycles. The van der Waals surface area contributed by atoms with E-state index in [1.807, 2.05) is 62.1 Å². The predicted molar refractivity (Wildman–Crippen MR) is 78.8 cm³/mol. The molecule has 1 amide bonds. The smallest absolute Gasteiger partial charge is 0.256 e. The molecule has 0 aliphatic heterocycles.